The summed E-state index contributed by atoms with van der Waals surface area (Å²) in [4.78, 5) is 28.3. The number of nitrogens with one attached hydrogen (secondary N) is 1. The first-order valence-electron chi connectivity index (χ1n) is 6.38. The Bertz CT molecular complexity index is 775. The van der Waals surface area contributed by atoms with E-state index < -0.39 is 5.56 Å². The van der Waals surface area contributed by atoms with Crippen LogP contribution in [0.2, 0.25) is 0 Å². The van der Waals surface area contributed by atoms with Gasteiger partial charge in [-0.25, -0.2) is 4.98 Å². The van der Waals surface area contributed by atoms with E-state index in [-0.39, 0.29) is 24.6 Å². The first-order chi connectivity index (χ1) is 10.6. The smallest absolute Gasteiger partial charge is 0.269 e. The molecule has 8 heteroatoms. The summed E-state index contributed by atoms with van der Waals surface area (Å²) < 4.78 is 6.25. The molecule has 2 heterocycles. The lowest BCUT2D eigenvalue weighted by molar-refractivity contribution is -0.116. The highest BCUT2D eigenvalue weighted by molar-refractivity contribution is 7.13. The maximum absolute atomic E-state index is 12.3. The maximum atomic E-state index is 12.3. The Morgan fingerprint density at radius 1 is 1.59 bits per heavy atom. The highest BCUT2D eigenvalue weighted by Crippen LogP contribution is 2.11. The molecule has 2 aromatic rings. The van der Waals surface area contributed by atoms with Gasteiger partial charge in [-0.3, -0.25) is 9.59 Å². The van der Waals surface area contributed by atoms with Crippen LogP contribution >= 0.6 is 11.3 Å². The van der Waals surface area contributed by atoms with Crippen LogP contribution in [0.25, 0.3) is 0 Å². The molecule has 0 atom stereocenters. The topological polar surface area (TPSA) is 97.0 Å². The van der Waals surface area contributed by atoms with E-state index in [4.69, 9.17) is 10.00 Å². The average molecular weight is 318 g/mol. The molecular formula is C14H14N4O3S. The molecule has 114 valence electrons. The lowest BCUT2D eigenvalue weighted by Gasteiger charge is -2.12. The van der Waals surface area contributed by atoms with Crippen LogP contribution in [0.15, 0.2) is 22.4 Å². The van der Waals surface area contributed by atoms with Crippen molar-refractivity contribution < 1.29 is 9.53 Å². The summed E-state index contributed by atoms with van der Waals surface area (Å²) in [6, 6.07) is 3.56. The maximum Gasteiger partial charge on any atom is 0.269 e. The van der Waals surface area contributed by atoms with Gasteiger partial charge in [-0.2, -0.15) is 5.26 Å². The quantitative estimate of drug-likeness (QED) is 0.895. The molecule has 2 rings (SSSR count). The number of thiazole rings is 1. The predicted octanol–water partition coefficient (Wildman–Crippen LogP) is 1.27. The number of aryl methyl sites for hydroxylation is 1. The fourth-order valence-electron chi connectivity index (χ4n) is 2.01. The van der Waals surface area contributed by atoms with Crippen molar-refractivity contribution >= 4 is 22.4 Å². The second kappa shape index (κ2) is 6.98. The number of aromatic nitrogens is 2. The summed E-state index contributed by atoms with van der Waals surface area (Å²) in [6.07, 6.45) is 1.57. The van der Waals surface area contributed by atoms with Crippen LogP contribution < -0.4 is 10.9 Å². The number of hydrogen-bond acceptors (Lipinski definition) is 6. The van der Waals surface area contributed by atoms with E-state index in [1.54, 1.807) is 24.6 Å². The molecule has 0 bridgehead atoms. The number of anilines is 1. The van der Waals surface area contributed by atoms with Gasteiger partial charge < -0.3 is 14.6 Å². The number of nitrogens with zero attached hydrogens (tertiary/aromatic N) is 3. The minimum atomic E-state index is -0.496. The van der Waals surface area contributed by atoms with Crippen molar-refractivity contribution in [3.8, 4) is 6.07 Å². The Hall–Kier alpha value is -2.50. The van der Waals surface area contributed by atoms with Crippen LogP contribution in [0.5, 0.6) is 0 Å². The zero-order valence-electron chi connectivity index (χ0n) is 12.1. The van der Waals surface area contributed by atoms with E-state index in [0.717, 1.165) is 0 Å². The van der Waals surface area contributed by atoms with Gasteiger partial charge in [0.2, 0.25) is 5.91 Å². The van der Waals surface area contributed by atoms with Crippen molar-refractivity contribution in [1.82, 2.24) is 9.55 Å². The standard InChI is InChI=1S/C14H14N4O3S/c1-9-5-10(8-21-2)11(6-15)13(20)18(9)7-12(19)17-14-16-3-4-22-14/h3-5H,7-8H2,1-2H3,(H,16,17,19). The molecule has 2 aromatic heterocycles. The summed E-state index contributed by atoms with van der Waals surface area (Å²) in [6.45, 7) is 1.70. The zero-order chi connectivity index (χ0) is 16.1. The molecule has 0 saturated heterocycles. The van der Waals surface area contributed by atoms with Gasteiger partial charge in [0.15, 0.2) is 5.13 Å². The van der Waals surface area contributed by atoms with Crippen molar-refractivity contribution in [2.24, 2.45) is 0 Å². The number of carbonyl (C=O) groups excluding carboxylic acids is 1. The molecule has 0 aliphatic heterocycles. The Morgan fingerprint density at radius 2 is 2.36 bits per heavy atom. The minimum Gasteiger partial charge on any atom is -0.380 e. The van der Waals surface area contributed by atoms with Gasteiger partial charge >= 0.3 is 0 Å². The minimum absolute atomic E-state index is 0.00509. The SMILES string of the molecule is COCc1cc(C)n(CC(=O)Nc2nccs2)c(=O)c1C#N. The molecule has 0 aliphatic carbocycles. The molecule has 0 saturated carbocycles. The largest absolute Gasteiger partial charge is 0.380 e. The summed E-state index contributed by atoms with van der Waals surface area (Å²) in [5.74, 6) is -0.372. The Kier molecular flexibility index (Phi) is 5.04. The Labute approximate surface area is 130 Å². The third-order valence-corrected chi connectivity index (χ3v) is 3.67. The molecule has 0 aliphatic rings. The molecule has 1 N–H and O–H groups in total. The molecule has 0 fully saturated rings. The third kappa shape index (κ3) is 3.39. The Balaban J connectivity index is 2.29. The van der Waals surface area contributed by atoms with E-state index >= 15 is 0 Å². The predicted molar refractivity (Wildman–Crippen MR) is 81.6 cm³/mol. The van der Waals surface area contributed by atoms with Crippen LogP contribution in [0.4, 0.5) is 5.13 Å². The first kappa shape index (κ1) is 15.9. The average Bonchev–Trinajstić information content (AvgIpc) is 2.97. The molecule has 1 amide bonds. The van der Waals surface area contributed by atoms with Crippen molar-refractivity contribution in [2.45, 2.75) is 20.1 Å². The Morgan fingerprint density at radius 3 is 2.95 bits per heavy atom. The monoisotopic (exact) mass is 318 g/mol. The lowest BCUT2D eigenvalue weighted by atomic mass is 10.1. The highest BCUT2D eigenvalue weighted by atomic mass is 32.1. The molecule has 7 nitrogen and oxygen atoms in total. The highest BCUT2D eigenvalue weighted by Gasteiger charge is 2.15. The molecule has 0 spiro atoms. The first-order valence-corrected chi connectivity index (χ1v) is 7.26. The van der Waals surface area contributed by atoms with E-state index in [0.29, 0.717) is 16.4 Å². The van der Waals surface area contributed by atoms with Gasteiger partial charge in [-0.1, -0.05) is 0 Å². The fraction of sp³-hybridized carbons (Fsp3) is 0.286. The molecule has 22 heavy (non-hydrogen) atoms. The van der Waals surface area contributed by atoms with Crippen LogP contribution in [0, 0.1) is 18.3 Å². The fourth-order valence-corrected chi connectivity index (χ4v) is 2.55. The molecule has 0 radical (unpaired) electrons. The van der Waals surface area contributed by atoms with Crippen LogP contribution in [-0.4, -0.2) is 22.6 Å². The van der Waals surface area contributed by atoms with E-state index in [1.165, 1.54) is 23.0 Å². The number of pyridine rings is 1. The number of carbonyl (C=O) groups is 1. The summed E-state index contributed by atoms with van der Waals surface area (Å²) in [5, 5.41) is 14.0. The number of nitriles is 1. The van der Waals surface area contributed by atoms with E-state index in [2.05, 4.69) is 10.3 Å². The van der Waals surface area contributed by atoms with Gasteiger partial charge in [0.25, 0.3) is 5.56 Å². The van der Waals surface area contributed by atoms with Crippen molar-refractivity contribution in [2.75, 3.05) is 12.4 Å². The van der Waals surface area contributed by atoms with Gasteiger partial charge in [0, 0.05) is 29.9 Å². The van der Waals surface area contributed by atoms with Crippen LogP contribution in [0.3, 0.4) is 0 Å². The number of amides is 1. The zero-order valence-corrected chi connectivity index (χ0v) is 12.9. The molecule has 0 unspecified atom stereocenters. The van der Waals surface area contributed by atoms with Gasteiger partial charge in [-0.15, -0.1) is 11.3 Å². The van der Waals surface area contributed by atoms with Crippen LogP contribution in [-0.2, 0) is 22.7 Å². The number of rotatable bonds is 5. The summed E-state index contributed by atoms with van der Waals surface area (Å²) in [5.41, 5.74) is 0.604. The van der Waals surface area contributed by atoms with Gasteiger partial charge in [-0.05, 0) is 13.0 Å². The van der Waals surface area contributed by atoms with Gasteiger partial charge in [0.1, 0.15) is 18.2 Å². The molecular weight excluding hydrogens is 304 g/mol. The summed E-state index contributed by atoms with van der Waals surface area (Å²) >= 11 is 1.29. The number of hydrogen-bond donors (Lipinski definition) is 1. The summed E-state index contributed by atoms with van der Waals surface area (Å²) in [7, 11) is 1.49. The van der Waals surface area contributed by atoms with Gasteiger partial charge in [0.05, 0.1) is 6.61 Å². The number of methoxy groups -OCH3 is 1. The second-order valence-electron chi connectivity index (χ2n) is 4.51. The number of ether oxygens (including phenoxy) is 1. The van der Waals surface area contributed by atoms with Crippen molar-refractivity contribution in [3.63, 3.8) is 0 Å². The van der Waals surface area contributed by atoms with E-state index in [1.807, 2.05) is 6.07 Å². The van der Waals surface area contributed by atoms with Crippen molar-refractivity contribution in [3.05, 3.63) is 44.8 Å². The molecule has 0 aromatic carbocycles. The second-order valence-corrected chi connectivity index (χ2v) is 5.40. The van der Waals surface area contributed by atoms with Crippen molar-refractivity contribution in [1.29, 1.82) is 5.26 Å². The lowest BCUT2D eigenvalue weighted by Crippen LogP contribution is -2.31. The third-order valence-electron chi connectivity index (χ3n) is 2.98. The normalized spacial score (nSPS) is 10.2. The van der Waals surface area contributed by atoms with Crippen LogP contribution in [0.1, 0.15) is 16.8 Å². The van der Waals surface area contributed by atoms with E-state index in [9.17, 15) is 9.59 Å².